The molecule has 7 nitrogen and oxygen atoms in total. The van der Waals surface area contributed by atoms with Gasteiger partial charge >= 0.3 is 0 Å². The lowest BCUT2D eigenvalue weighted by atomic mass is 10.2. The fourth-order valence-corrected chi connectivity index (χ4v) is 3.35. The van der Waals surface area contributed by atoms with Gasteiger partial charge in [-0.15, -0.1) is 0 Å². The second-order valence-electron chi connectivity index (χ2n) is 7.44. The van der Waals surface area contributed by atoms with Crippen LogP contribution in [0.3, 0.4) is 0 Å². The maximum absolute atomic E-state index is 12.2. The van der Waals surface area contributed by atoms with Gasteiger partial charge in [-0.2, -0.15) is 5.26 Å². The van der Waals surface area contributed by atoms with Crippen LogP contribution in [0.25, 0.3) is 0 Å². The lowest BCUT2D eigenvalue weighted by Crippen LogP contribution is -2.51. The summed E-state index contributed by atoms with van der Waals surface area (Å²) in [7, 11) is 0. The largest absolute Gasteiger partial charge is 0.491 e. The molecule has 2 N–H and O–H groups in total. The van der Waals surface area contributed by atoms with E-state index in [1.165, 1.54) is 0 Å². The minimum Gasteiger partial charge on any atom is -0.491 e. The second-order valence-corrected chi connectivity index (χ2v) is 7.44. The van der Waals surface area contributed by atoms with E-state index in [0.29, 0.717) is 30.9 Å². The molecule has 1 amide bonds. The van der Waals surface area contributed by atoms with Crippen LogP contribution in [0.15, 0.2) is 54.6 Å². The molecule has 1 atom stereocenters. The van der Waals surface area contributed by atoms with Crippen LogP contribution in [0.5, 0.6) is 5.75 Å². The molecule has 1 unspecified atom stereocenters. The Hall–Kier alpha value is -2.92. The highest BCUT2D eigenvalue weighted by Crippen LogP contribution is 2.12. The number of nitrogens with zero attached hydrogens (tertiary/aromatic N) is 3. The van der Waals surface area contributed by atoms with E-state index in [2.05, 4.69) is 21.2 Å². The quantitative estimate of drug-likeness (QED) is 0.649. The number of carbonyl (C=O) groups is 1. The van der Waals surface area contributed by atoms with Crippen molar-refractivity contribution in [2.75, 3.05) is 45.9 Å². The van der Waals surface area contributed by atoms with Gasteiger partial charge in [0.2, 0.25) is 5.91 Å². The van der Waals surface area contributed by atoms with Crippen LogP contribution < -0.4 is 10.1 Å². The predicted molar refractivity (Wildman–Crippen MR) is 114 cm³/mol. The van der Waals surface area contributed by atoms with Crippen LogP contribution in [0, 0.1) is 11.3 Å². The van der Waals surface area contributed by atoms with Gasteiger partial charge in [-0.25, -0.2) is 0 Å². The molecule has 0 aromatic heterocycles. The molecular weight excluding hydrogens is 380 g/mol. The molecule has 0 aliphatic carbocycles. The second kappa shape index (κ2) is 11.3. The molecule has 1 fully saturated rings. The first-order valence-corrected chi connectivity index (χ1v) is 10.2. The van der Waals surface area contributed by atoms with Gasteiger partial charge in [-0.1, -0.05) is 30.3 Å². The smallest absolute Gasteiger partial charge is 0.234 e. The number of carbonyl (C=O) groups excluding carboxylic acids is 1. The fraction of sp³-hybridized carbons (Fsp3) is 0.391. The third-order valence-electron chi connectivity index (χ3n) is 5.06. The lowest BCUT2D eigenvalue weighted by molar-refractivity contribution is -0.122. The van der Waals surface area contributed by atoms with E-state index in [1.807, 2.05) is 30.3 Å². The molecular formula is C23H28N4O3. The summed E-state index contributed by atoms with van der Waals surface area (Å²) in [5, 5.41) is 22.0. The average molecular weight is 409 g/mol. The number of aliphatic hydroxyl groups excluding tert-OH is 1. The number of aliphatic hydroxyl groups is 1. The van der Waals surface area contributed by atoms with Gasteiger partial charge in [0.05, 0.1) is 18.2 Å². The summed E-state index contributed by atoms with van der Waals surface area (Å²) in [6.45, 7) is 4.87. The molecule has 0 spiro atoms. The number of nitrogens with one attached hydrogen (secondary N) is 1. The summed E-state index contributed by atoms with van der Waals surface area (Å²) in [6, 6.07) is 18.8. The summed E-state index contributed by atoms with van der Waals surface area (Å²) in [6.07, 6.45) is -0.596. The maximum Gasteiger partial charge on any atom is 0.234 e. The van der Waals surface area contributed by atoms with Crippen molar-refractivity contribution in [3.63, 3.8) is 0 Å². The lowest BCUT2D eigenvalue weighted by Gasteiger charge is -2.35. The van der Waals surface area contributed by atoms with E-state index in [9.17, 15) is 9.90 Å². The zero-order valence-corrected chi connectivity index (χ0v) is 17.0. The number of rotatable bonds is 9. The van der Waals surface area contributed by atoms with E-state index in [1.54, 1.807) is 24.3 Å². The molecule has 1 aliphatic rings. The molecule has 2 aromatic rings. The number of piperazine rings is 1. The number of hydrogen-bond acceptors (Lipinski definition) is 6. The van der Waals surface area contributed by atoms with Gasteiger partial charge in [0.15, 0.2) is 0 Å². The maximum atomic E-state index is 12.2. The monoisotopic (exact) mass is 408 g/mol. The molecule has 158 valence electrons. The van der Waals surface area contributed by atoms with Crippen LogP contribution in [0.1, 0.15) is 11.1 Å². The zero-order chi connectivity index (χ0) is 21.2. The van der Waals surface area contributed by atoms with Crippen molar-refractivity contribution in [3.05, 3.63) is 65.7 Å². The molecule has 0 saturated carbocycles. The van der Waals surface area contributed by atoms with E-state index in [4.69, 9.17) is 10.00 Å². The summed E-state index contributed by atoms with van der Waals surface area (Å²) >= 11 is 0. The minimum absolute atomic E-state index is 0.0307. The van der Waals surface area contributed by atoms with E-state index < -0.39 is 6.10 Å². The molecule has 1 aliphatic heterocycles. The highest BCUT2D eigenvalue weighted by atomic mass is 16.5. The number of nitriles is 1. The topological polar surface area (TPSA) is 88.8 Å². The van der Waals surface area contributed by atoms with Crippen LogP contribution in [0.4, 0.5) is 0 Å². The minimum atomic E-state index is -0.596. The van der Waals surface area contributed by atoms with Crippen molar-refractivity contribution >= 4 is 5.91 Å². The van der Waals surface area contributed by atoms with Crippen LogP contribution >= 0.6 is 0 Å². The van der Waals surface area contributed by atoms with Gasteiger partial charge < -0.3 is 15.2 Å². The Morgan fingerprint density at radius 3 is 2.40 bits per heavy atom. The first-order chi connectivity index (χ1) is 14.6. The normalized spacial score (nSPS) is 15.9. The molecule has 0 bridgehead atoms. The molecule has 30 heavy (non-hydrogen) atoms. The van der Waals surface area contributed by atoms with Crippen molar-refractivity contribution in [2.24, 2.45) is 0 Å². The molecule has 2 aromatic carbocycles. The highest BCUT2D eigenvalue weighted by Gasteiger charge is 2.21. The van der Waals surface area contributed by atoms with Crippen LogP contribution in [-0.4, -0.2) is 72.8 Å². The standard InChI is InChI=1S/C23H28N4O3/c24-14-19-6-8-22(9-7-19)30-18-21(28)16-26-10-12-27(13-11-26)17-23(29)25-15-20-4-2-1-3-5-20/h1-9,21,28H,10-13,15-18H2,(H,25,29). The Bertz CT molecular complexity index is 828. The molecule has 7 heteroatoms. The van der Waals surface area contributed by atoms with Gasteiger partial charge in [0, 0.05) is 39.3 Å². The van der Waals surface area contributed by atoms with Crippen molar-refractivity contribution in [3.8, 4) is 11.8 Å². The molecule has 1 heterocycles. The fourth-order valence-electron chi connectivity index (χ4n) is 3.35. The number of β-amino-alcohol motifs (C(OH)–C–C–N with tert-alkyl or cyclic N) is 1. The molecule has 0 radical (unpaired) electrons. The summed E-state index contributed by atoms with van der Waals surface area (Å²) in [5.41, 5.74) is 1.67. The Morgan fingerprint density at radius 2 is 1.73 bits per heavy atom. The third kappa shape index (κ3) is 7.16. The van der Waals surface area contributed by atoms with Gasteiger partial charge in [-0.05, 0) is 29.8 Å². The van der Waals surface area contributed by atoms with E-state index >= 15 is 0 Å². The molecule has 3 rings (SSSR count). The molecule has 1 saturated heterocycles. The van der Waals surface area contributed by atoms with Gasteiger partial charge in [0.25, 0.3) is 0 Å². The predicted octanol–water partition coefficient (Wildman–Crippen LogP) is 1.23. The first kappa shape index (κ1) is 21.8. The van der Waals surface area contributed by atoms with Gasteiger partial charge in [0.1, 0.15) is 18.5 Å². The Morgan fingerprint density at radius 1 is 1.07 bits per heavy atom. The summed E-state index contributed by atoms with van der Waals surface area (Å²) in [4.78, 5) is 16.5. The van der Waals surface area contributed by atoms with E-state index in [-0.39, 0.29) is 12.5 Å². The van der Waals surface area contributed by atoms with Crippen LogP contribution in [-0.2, 0) is 11.3 Å². The van der Waals surface area contributed by atoms with Crippen molar-refractivity contribution in [1.29, 1.82) is 5.26 Å². The number of benzene rings is 2. The zero-order valence-electron chi connectivity index (χ0n) is 17.0. The number of hydrogen-bond donors (Lipinski definition) is 2. The van der Waals surface area contributed by atoms with Crippen molar-refractivity contribution in [2.45, 2.75) is 12.6 Å². The number of ether oxygens (including phenoxy) is 1. The summed E-state index contributed by atoms with van der Waals surface area (Å²) < 4.78 is 5.60. The Balaban J connectivity index is 1.30. The van der Waals surface area contributed by atoms with Gasteiger partial charge in [-0.3, -0.25) is 14.6 Å². The Labute approximate surface area is 177 Å². The Kier molecular flexibility index (Phi) is 8.21. The number of amides is 1. The van der Waals surface area contributed by atoms with Crippen molar-refractivity contribution in [1.82, 2.24) is 15.1 Å². The van der Waals surface area contributed by atoms with Crippen LogP contribution in [0.2, 0.25) is 0 Å². The highest BCUT2D eigenvalue weighted by molar-refractivity contribution is 5.78. The van der Waals surface area contributed by atoms with Crippen molar-refractivity contribution < 1.29 is 14.6 Å². The SMILES string of the molecule is N#Cc1ccc(OCC(O)CN2CCN(CC(=O)NCc3ccccc3)CC2)cc1. The first-order valence-electron chi connectivity index (χ1n) is 10.2. The third-order valence-corrected chi connectivity index (χ3v) is 5.06. The average Bonchev–Trinajstić information content (AvgIpc) is 2.79. The summed E-state index contributed by atoms with van der Waals surface area (Å²) in [5.74, 6) is 0.669. The van der Waals surface area contributed by atoms with E-state index in [0.717, 1.165) is 31.7 Å².